The zero-order valence-corrected chi connectivity index (χ0v) is 9.04. The minimum atomic E-state index is -1.02. The van der Waals surface area contributed by atoms with Gasteiger partial charge in [0.2, 0.25) is 0 Å². The summed E-state index contributed by atoms with van der Waals surface area (Å²) in [5.41, 5.74) is 0.900. The van der Waals surface area contributed by atoms with Crippen LogP contribution in [-0.2, 0) is 11.3 Å². The van der Waals surface area contributed by atoms with Gasteiger partial charge < -0.3 is 5.11 Å². The topological polar surface area (TPSA) is 77.1 Å². The SMILES string of the molecule is O=C(O)Cn1c(=O)n(C2CC2)c2ncccc21. The van der Waals surface area contributed by atoms with E-state index in [1.807, 2.05) is 0 Å². The van der Waals surface area contributed by atoms with E-state index in [0.29, 0.717) is 11.2 Å². The van der Waals surface area contributed by atoms with Crippen LogP contribution in [-0.4, -0.2) is 25.2 Å². The Hall–Kier alpha value is -2.11. The summed E-state index contributed by atoms with van der Waals surface area (Å²) in [6.45, 7) is -0.319. The Labute approximate surface area is 96.1 Å². The summed E-state index contributed by atoms with van der Waals surface area (Å²) in [5, 5.41) is 8.82. The number of carbonyl (C=O) groups is 1. The van der Waals surface area contributed by atoms with Gasteiger partial charge in [-0.05, 0) is 25.0 Å². The van der Waals surface area contributed by atoms with Crippen LogP contribution < -0.4 is 5.69 Å². The van der Waals surface area contributed by atoms with E-state index in [1.54, 1.807) is 22.9 Å². The van der Waals surface area contributed by atoms with Crippen LogP contribution in [0.4, 0.5) is 0 Å². The Morgan fingerprint density at radius 2 is 2.29 bits per heavy atom. The minimum absolute atomic E-state index is 0.190. The first-order valence-electron chi connectivity index (χ1n) is 5.46. The Morgan fingerprint density at radius 3 is 2.94 bits per heavy atom. The molecule has 0 saturated heterocycles. The molecule has 1 N–H and O–H groups in total. The van der Waals surface area contributed by atoms with Gasteiger partial charge in [-0.1, -0.05) is 0 Å². The maximum absolute atomic E-state index is 12.1. The Morgan fingerprint density at radius 1 is 1.53 bits per heavy atom. The number of aliphatic carboxylic acids is 1. The maximum atomic E-state index is 12.1. The van der Waals surface area contributed by atoms with Gasteiger partial charge in [0.05, 0.1) is 5.52 Å². The predicted octanol–water partition coefficient (Wildman–Crippen LogP) is 0.617. The molecule has 6 nitrogen and oxygen atoms in total. The normalized spacial score (nSPS) is 15.3. The van der Waals surface area contributed by atoms with E-state index in [4.69, 9.17) is 5.11 Å². The van der Waals surface area contributed by atoms with Crippen LogP contribution in [0.2, 0.25) is 0 Å². The molecule has 1 fully saturated rings. The van der Waals surface area contributed by atoms with Crippen LogP contribution in [0.5, 0.6) is 0 Å². The molecule has 1 saturated carbocycles. The standard InChI is InChI=1S/C11H11N3O3/c15-9(16)6-13-8-2-1-5-12-10(8)14(11(13)17)7-3-4-7/h1-2,5,7H,3-4,6H2,(H,15,16). The van der Waals surface area contributed by atoms with Crippen LogP contribution in [0.25, 0.3) is 11.2 Å². The molecule has 2 heterocycles. The van der Waals surface area contributed by atoms with Gasteiger partial charge in [-0.15, -0.1) is 0 Å². The van der Waals surface area contributed by atoms with Crippen molar-refractivity contribution in [2.24, 2.45) is 0 Å². The Kier molecular flexibility index (Phi) is 2.04. The van der Waals surface area contributed by atoms with Crippen LogP contribution in [0.1, 0.15) is 18.9 Å². The van der Waals surface area contributed by atoms with E-state index >= 15 is 0 Å². The quantitative estimate of drug-likeness (QED) is 0.842. The number of nitrogens with zero attached hydrogens (tertiary/aromatic N) is 3. The Balaban J connectivity index is 2.30. The van der Waals surface area contributed by atoms with Gasteiger partial charge in [0.15, 0.2) is 5.65 Å². The van der Waals surface area contributed by atoms with Crippen LogP contribution >= 0.6 is 0 Å². The highest BCUT2D eigenvalue weighted by atomic mass is 16.4. The second-order valence-corrected chi connectivity index (χ2v) is 4.21. The molecule has 88 valence electrons. The van der Waals surface area contributed by atoms with Gasteiger partial charge in [0, 0.05) is 12.2 Å². The Bertz CT molecular complexity index is 652. The zero-order valence-electron chi connectivity index (χ0n) is 9.04. The van der Waals surface area contributed by atoms with Gasteiger partial charge in [-0.25, -0.2) is 9.78 Å². The van der Waals surface area contributed by atoms with Crippen molar-refractivity contribution < 1.29 is 9.90 Å². The molecule has 6 heteroatoms. The average Bonchev–Trinajstić information content (AvgIpc) is 3.08. The molecule has 0 atom stereocenters. The molecule has 17 heavy (non-hydrogen) atoms. The van der Waals surface area contributed by atoms with E-state index in [2.05, 4.69) is 4.98 Å². The molecule has 0 aliphatic heterocycles. The van der Waals surface area contributed by atoms with E-state index < -0.39 is 5.97 Å². The van der Waals surface area contributed by atoms with Gasteiger partial charge in [0.1, 0.15) is 6.54 Å². The highest BCUT2D eigenvalue weighted by molar-refractivity contribution is 5.75. The maximum Gasteiger partial charge on any atom is 0.331 e. The highest BCUT2D eigenvalue weighted by Crippen LogP contribution is 2.35. The van der Waals surface area contributed by atoms with Crippen molar-refractivity contribution >= 4 is 17.1 Å². The molecule has 0 spiro atoms. The fourth-order valence-corrected chi connectivity index (χ4v) is 2.06. The fourth-order valence-electron chi connectivity index (χ4n) is 2.06. The number of carboxylic acid groups (broad SMARTS) is 1. The van der Waals surface area contributed by atoms with Crippen molar-refractivity contribution in [3.63, 3.8) is 0 Å². The second-order valence-electron chi connectivity index (χ2n) is 4.21. The average molecular weight is 233 g/mol. The van der Waals surface area contributed by atoms with Crippen molar-refractivity contribution in [2.75, 3.05) is 0 Å². The lowest BCUT2D eigenvalue weighted by atomic mass is 10.4. The molecular weight excluding hydrogens is 222 g/mol. The lowest BCUT2D eigenvalue weighted by molar-refractivity contribution is -0.137. The molecule has 0 amide bonds. The smallest absolute Gasteiger partial charge is 0.331 e. The minimum Gasteiger partial charge on any atom is -0.480 e. The summed E-state index contributed by atoms with van der Waals surface area (Å²) in [6, 6.07) is 3.62. The third-order valence-corrected chi connectivity index (χ3v) is 2.93. The molecule has 0 radical (unpaired) electrons. The number of carboxylic acids is 1. The summed E-state index contributed by atoms with van der Waals surface area (Å²) >= 11 is 0. The number of pyridine rings is 1. The first-order chi connectivity index (χ1) is 8.18. The molecule has 0 unspecified atom stereocenters. The number of rotatable bonds is 3. The lowest BCUT2D eigenvalue weighted by Gasteiger charge is -1.96. The molecule has 2 aromatic rings. The molecule has 0 aromatic carbocycles. The number of fused-ring (bicyclic) bond motifs is 1. The molecule has 3 rings (SSSR count). The third-order valence-electron chi connectivity index (χ3n) is 2.93. The van der Waals surface area contributed by atoms with Crippen molar-refractivity contribution in [1.82, 2.24) is 14.1 Å². The number of hydrogen-bond acceptors (Lipinski definition) is 3. The second kappa shape index (κ2) is 3.44. The van der Waals surface area contributed by atoms with Gasteiger partial charge in [0.25, 0.3) is 0 Å². The highest BCUT2D eigenvalue weighted by Gasteiger charge is 2.29. The van der Waals surface area contributed by atoms with Crippen LogP contribution in [0, 0.1) is 0 Å². The predicted molar refractivity (Wildman–Crippen MR) is 59.9 cm³/mol. The number of aromatic nitrogens is 3. The summed E-state index contributed by atoms with van der Waals surface area (Å²) in [5.74, 6) is -1.02. The molecule has 0 bridgehead atoms. The van der Waals surface area contributed by atoms with Gasteiger partial charge in [-0.2, -0.15) is 0 Å². The van der Waals surface area contributed by atoms with Crippen molar-refractivity contribution in [1.29, 1.82) is 0 Å². The van der Waals surface area contributed by atoms with Crippen molar-refractivity contribution in [3.8, 4) is 0 Å². The van der Waals surface area contributed by atoms with Crippen LogP contribution in [0.15, 0.2) is 23.1 Å². The first-order valence-corrected chi connectivity index (χ1v) is 5.46. The zero-order chi connectivity index (χ0) is 12.0. The van der Waals surface area contributed by atoms with E-state index in [-0.39, 0.29) is 18.3 Å². The largest absolute Gasteiger partial charge is 0.480 e. The summed E-state index contributed by atoms with van der Waals surface area (Å²) in [7, 11) is 0. The summed E-state index contributed by atoms with van der Waals surface area (Å²) in [4.78, 5) is 27.1. The fraction of sp³-hybridized carbons (Fsp3) is 0.364. The summed E-state index contributed by atoms with van der Waals surface area (Å²) in [6.07, 6.45) is 3.54. The van der Waals surface area contributed by atoms with E-state index in [0.717, 1.165) is 12.8 Å². The van der Waals surface area contributed by atoms with Gasteiger partial charge >= 0.3 is 11.7 Å². The lowest BCUT2D eigenvalue weighted by Crippen LogP contribution is -2.26. The van der Waals surface area contributed by atoms with Crippen molar-refractivity contribution in [3.05, 3.63) is 28.8 Å². The molecule has 2 aromatic heterocycles. The number of imidazole rings is 1. The molecular formula is C11H11N3O3. The van der Waals surface area contributed by atoms with Crippen molar-refractivity contribution in [2.45, 2.75) is 25.4 Å². The summed E-state index contributed by atoms with van der Waals surface area (Å²) < 4.78 is 2.88. The van der Waals surface area contributed by atoms with Gasteiger partial charge in [-0.3, -0.25) is 13.9 Å². The third kappa shape index (κ3) is 1.52. The van der Waals surface area contributed by atoms with E-state index in [1.165, 1.54) is 4.57 Å². The molecule has 1 aliphatic rings. The first kappa shape index (κ1) is 10.1. The number of hydrogen-bond donors (Lipinski definition) is 1. The monoisotopic (exact) mass is 233 g/mol. The van der Waals surface area contributed by atoms with Crippen LogP contribution in [0.3, 0.4) is 0 Å². The molecule has 1 aliphatic carbocycles. The van der Waals surface area contributed by atoms with E-state index in [9.17, 15) is 9.59 Å².